The highest BCUT2D eigenvalue weighted by atomic mass is 35.5. The highest BCUT2D eigenvalue weighted by Gasteiger charge is 2.36. The van der Waals surface area contributed by atoms with Gasteiger partial charge in [0.15, 0.2) is 17.2 Å². The Morgan fingerprint density at radius 3 is 2.34 bits per heavy atom. The number of carbonyl (C=O) groups excluding carboxylic acids is 1. The third kappa shape index (κ3) is 6.44. The Balaban J connectivity index is 0.00000432. The van der Waals surface area contributed by atoms with E-state index in [4.69, 9.17) is 16.3 Å². The van der Waals surface area contributed by atoms with Gasteiger partial charge in [0, 0.05) is 17.6 Å². The monoisotopic (exact) mass is 552 g/mol. The molecule has 0 unspecified atom stereocenters. The van der Waals surface area contributed by atoms with E-state index in [1.165, 1.54) is 48.0 Å². The Labute approximate surface area is 210 Å². The van der Waals surface area contributed by atoms with Gasteiger partial charge in [0.25, 0.3) is 5.91 Å². The smallest absolute Gasteiger partial charge is 0.417 e. The second-order valence-corrected chi connectivity index (χ2v) is 10.1. The number of carbonyl (C=O) groups is 1. The van der Waals surface area contributed by atoms with Crippen LogP contribution < -0.4 is 9.46 Å². The molecular formula is C21H21Cl2F3N4O4S. The molecule has 0 aliphatic rings. The van der Waals surface area contributed by atoms with E-state index in [1.54, 1.807) is 13.8 Å². The minimum Gasteiger partial charge on any atom is -0.479 e. The molecule has 190 valence electrons. The summed E-state index contributed by atoms with van der Waals surface area (Å²) in [5, 5.41) is 8.13. The van der Waals surface area contributed by atoms with Crippen LogP contribution in [-0.2, 0) is 28.8 Å². The molecule has 0 bridgehead atoms. The van der Waals surface area contributed by atoms with E-state index in [0.717, 1.165) is 12.3 Å². The molecule has 3 aromatic rings. The molecule has 3 rings (SSSR count). The molecule has 0 saturated carbocycles. The van der Waals surface area contributed by atoms with Crippen LogP contribution in [0.3, 0.4) is 0 Å². The quantitative estimate of drug-likeness (QED) is 0.480. The summed E-state index contributed by atoms with van der Waals surface area (Å²) in [4.78, 5) is 12.5. The van der Waals surface area contributed by atoms with Gasteiger partial charge in [-0.3, -0.25) is 4.79 Å². The lowest BCUT2D eigenvalue weighted by Gasteiger charge is -2.27. The maximum atomic E-state index is 13.5. The Hall–Kier alpha value is -2.83. The van der Waals surface area contributed by atoms with Crippen molar-refractivity contribution in [2.75, 3.05) is 6.26 Å². The minimum absolute atomic E-state index is 0. The van der Waals surface area contributed by atoms with Gasteiger partial charge >= 0.3 is 6.18 Å². The molecule has 1 amide bonds. The molecule has 2 aromatic carbocycles. The number of aromatic nitrogens is 3. The van der Waals surface area contributed by atoms with Crippen molar-refractivity contribution in [1.82, 2.24) is 19.5 Å². The summed E-state index contributed by atoms with van der Waals surface area (Å²) < 4.78 is 72.6. The zero-order valence-corrected chi connectivity index (χ0v) is 21.2. The van der Waals surface area contributed by atoms with Crippen LogP contribution in [0, 0.1) is 0 Å². The number of hydrogen-bond donors (Lipinski definition) is 1. The summed E-state index contributed by atoms with van der Waals surface area (Å²) in [5.74, 6) is -0.862. The second-order valence-electron chi connectivity index (χ2n) is 7.91. The molecule has 0 atom stereocenters. The highest BCUT2D eigenvalue weighted by Crippen LogP contribution is 2.37. The van der Waals surface area contributed by atoms with Gasteiger partial charge in [-0.1, -0.05) is 29.8 Å². The van der Waals surface area contributed by atoms with Gasteiger partial charge in [-0.05, 0) is 38.1 Å². The van der Waals surface area contributed by atoms with E-state index in [2.05, 4.69) is 10.2 Å². The molecule has 8 nitrogen and oxygen atoms in total. The van der Waals surface area contributed by atoms with Crippen LogP contribution >= 0.6 is 24.0 Å². The van der Waals surface area contributed by atoms with E-state index in [0.29, 0.717) is 0 Å². The van der Waals surface area contributed by atoms with E-state index < -0.39 is 33.3 Å². The van der Waals surface area contributed by atoms with Crippen molar-refractivity contribution in [2.45, 2.75) is 25.6 Å². The first-order valence-electron chi connectivity index (χ1n) is 9.67. The summed E-state index contributed by atoms with van der Waals surface area (Å²) in [7, 11) is -2.38. The third-order valence-electron chi connectivity index (χ3n) is 4.72. The van der Waals surface area contributed by atoms with E-state index in [-0.39, 0.29) is 46.0 Å². The van der Waals surface area contributed by atoms with Gasteiger partial charge in [-0.25, -0.2) is 13.1 Å². The second kappa shape index (κ2) is 10.0. The van der Waals surface area contributed by atoms with Crippen molar-refractivity contribution in [3.05, 3.63) is 64.4 Å². The normalized spacial score (nSPS) is 12.1. The van der Waals surface area contributed by atoms with E-state index in [9.17, 15) is 26.4 Å². The third-order valence-corrected chi connectivity index (χ3v) is 5.51. The van der Waals surface area contributed by atoms with Crippen LogP contribution in [0.4, 0.5) is 13.2 Å². The standard InChI is InChI=1S/C21H20ClF3N4O4S.ClH/c1-20(2,33-16-10-9-12(22)11-14(16)18(30)28-34(4,31)32)19-27-26-17(29(19)3)13-7-5-6-8-15(13)21(23,24)25;/h5-11H,1-4H3,(H,28,30);1H. The summed E-state index contributed by atoms with van der Waals surface area (Å²) in [6.45, 7) is 3.15. The Morgan fingerprint density at radius 1 is 1.11 bits per heavy atom. The van der Waals surface area contributed by atoms with Crippen LogP contribution in [0.2, 0.25) is 5.02 Å². The number of halogens is 5. The van der Waals surface area contributed by atoms with Crippen LogP contribution in [0.1, 0.15) is 35.6 Å². The van der Waals surface area contributed by atoms with Crippen molar-refractivity contribution in [2.24, 2.45) is 7.05 Å². The lowest BCUT2D eigenvalue weighted by Crippen LogP contribution is -2.32. The van der Waals surface area contributed by atoms with Crippen molar-refractivity contribution in [3.63, 3.8) is 0 Å². The van der Waals surface area contributed by atoms with Crippen molar-refractivity contribution in [3.8, 4) is 17.1 Å². The van der Waals surface area contributed by atoms with Crippen LogP contribution in [0.25, 0.3) is 11.4 Å². The number of hydrogen-bond acceptors (Lipinski definition) is 6. The number of amides is 1. The summed E-state index contributed by atoms with van der Waals surface area (Å²) >= 11 is 5.97. The molecular weight excluding hydrogens is 532 g/mol. The first-order valence-corrected chi connectivity index (χ1v) is 11.9. The van der Waals surface area contributed by atoms with Crippen LogP contribution in [0.15, 0.2) is 42.5 Å². The molecule has 0 aliphatic carbocycles. The zero-order valence-electron chi connectivity index (χ0n) is 18.8. The first-order chi connectivity index (χ1) is 15.6. The highest BCUT2D eigenvalue weighted by molar-refractivity contribution is 7.89. The van der Waals surface area contributed by atoms with Gasteiger partial charge in [-0.2, -0.15) is 13.2 Å². The summed E-state index contributed by atoms with van der Waals surface area (Å²) in [6.07, 6.45) is -3.78. The Bertz CT molecular complexity index is 1360. The van der Waals surface area contributed by atoms with Crippen molar-refractivity contribution < 1.29 is 31.1 Å². The predicted octanol–water partition coefficient (Wildman–Crippen LogP) is 4.58. The molecule has 14 heteroatoms. The lowest BCUT2D eigenvalue weighted by atomic mass is 10.1. The molecule has 0 radical (unpaired) electrons. The van der Waals surface area contributed by atoms with Gasteiger partial charge < -0.3 is 9.30 Å². The maximum absolute atomic E-state index is 13.5. The molecule has 0 spiro atoms. The topological polar surface area (TPSA) is 103 Å². The van der Waals surface area contributed by atoms with Crippen LogP contribution in [0.5, 0.6) is 5.75 Å². The van der Waals surface area contributed by atoms with Crippen LogP contribution in [-0.4, -0.2) is 35.3 Å². The Morgan fingerprint density at radius 2 is 1.74 bits per heavy atom. The van der Waals surface area contributed by atoms with Crippen molar-refractivity contribution >= 4 is 39.9 Å². The summed E-state index contributed by atoms with van der Waals surface area (Å²) in [6, 6.07) is 9.02. The average Bonchev–Trinajstić information content (AvgIpc) is 3.09. The SMILES string of the molecule is Cl.Cn1c(-c2ccccc2C(F)(F)F)nnc1C(C)(C)Oc1ccc(Cl)cc1C(=O)NS(C)(=O)=O. The first kappa shape index (κ1) is 28.4. The van der Waals surface area contributed by atoms with E-state index in [1.807, 2.05) is 4.72 Å². The lowest BCUT2D eigenvalue weighted by molar-refractivity contribution is -0.137. The van der Waals surface area contributed by atoms with E-state index >= 15 is 0 Å². The number of sulfonamides is 1. The van der Waals surface area contributed by atoms with Gasteiger partial charge in [0.2, 0.25) is 10.0 Å². The predicted molar refractivity (Wildman–Crippen MR) is 126 cm³/mol. The van der Waals surface area contributed by atoms with Gasteiger partial charge in [0.05, 0.1) is 17.4 Å². The number of ether oxygens (including phenoxy) is 1. The molecule has 35 heavy (non-hydrogen) atoms. The fraction of sp³-hybridized carbons (Fsp3) is 0.286. The average molecular weight is 553 g/mol. The largest absolute Gasteiger partial charge is 0.479 e. The number of alkyl halides is 3. The fourth-order valence-electron chi connectivity index (χ4n) is 3.33. The summed E-state index contributed by atoms with van der Waals surface area (Å²) in [5.41, 5.74) is -2.49. The number of nitrogens with zero attached hydrogens (tertiary/aromatic N) is 3. The molecule has 1 N–H and O–H groups in total. The number of benzene rings is 2. The fourth-order valence-corrected chi connectivity index (χ4v) is 3.94. The molecule has 0 fully saturated rings. The maximum Gasteiger partial charge on any atom is 0.417 e. The zero-order chi connectivity index (χ0) is 25.5. The molecule has 0 saturated heterocycles. The van der Waals surface area contributed by atoms with Crippen molar-refractivity contribution in [1.29, 1.82) is 0 Å². The van der Waals surface area contributed by atoms with Gasteiger partial charge in [0.1, 0.15) is 5.75 Å². The molecule has 0 aliphatic heterocycles. The molecule has 1 aromatic heterocycles. The minimum atomic E-state index is -4.60. The number of nitrogens with one attached hydrogen (secondary N) is 1. The Kier molecular flexibility index (Phi) is 8.15. The van der Waals surface area contributed by atoms with Gasteiger partial charge in [-0.15, -0.1) is 22.6 Å². The molecule has 1 heterocycles. The number of rotatable bonds is 6.